The van der Waals surface area contributed by atoms with E-state index < -0.39 is 23.6 Å². The molecule has 1 fully saturated rings. The van der Waals surface area contributed by atoms with Gasteiger partial charge < -0.3 is 9.47 Å². The second kappa shape index (κ2) is 9.93. The molecule has 0 spiro atoms. The van der Waals surface area contributed by atoms with E-state index >= 15 is 0 Å². The lowest BCUT2D eigenvalue weighted by Gasteiger charge is -2.16. The SMILES string of the molecule is COc1cc(C=C2SC(=S)N(c3cccc(C(F)(F)F)c3)C2=O)ccc1OC(=O)c1ccccc1. The Morgan fingerprint density at radius 3 is 2.43 bits per heavy atom. The second-order valence-corrected chi connectivity index (χ2v) is 8.91. The molecule has 1 aliphatic rings. The number of thiocarbonyl (C=S) groups is 1. The van der Waals surface area contributed by atoms with Crippen LogP contribution in [0.2, 0.25) is 0 Å². The Kier molecular flexibility index (Phi) is 6.95. The number of amides is 1. The number of anilines is 1. The van der Waals surface area contributed by atoms with Crippen LogP contribution in [-0.2, 0) is 11.0 Å². The van der Waals surface area contributed by atoms with Crippen LogP contribution in [-0.4, -0.2) is 23.3 Å². The Hall–Kier alpha value is -3.63. The molecule has 0 atom stereocenters. The monoisotopic (exact) mass is 515 g/mol. The molecule has 0 unspecified atom stereocenters. The van der Waals surface area contributed by atoms with Crippen molar-refractivity contribution < 1.29 is 32.2 Å². The number of thioether (sulfide) groups is 1. The molecule has 0 aliphatic carbocycles. The molecular weight excluding hydrogens is 499 g/mol. The molecule has 0 bridgehead atoms. The molecule has 0 N–H and O–H groups in total. The lowest BCUT2D eigenvalue weighted by Crippen LogP contribution is -2.27. The lowest BCUT2D eigenvalue weighted by molar-refractivity contribution is -0.137. The van der Waals surface area contributed by atoms with Gasteiger partial charge in [0.05, 0.1) is 28.8 Å². The zero-order chi connectivity index (χ0) is 25.2. The number of benzene rings is 3. The Labute approximate surface area is 208 Å². The first-order chi connectivity index (χ1) is 16.7. The summed E-state index contributed by atoms with van der Waals surface area (Å²) in [4.78, 5) is 26.6. The van der Waals surface area contributed by atoms with E-state index in [-0.39, 0.29) is 26.4 Å². The molecule has 178 valence electrons. The van der Waals surface area contributed by atoms with Gasteiger partial charge in [-0.25, -0.2) is 4.79 Å². The molecule has 5 nitrogen and oxygen atoms in total. The summed E-state index contributed by atoms with van der Waals surface area (Å²) in [6.07, 6.45) is -3.01. The van der Waals surface area contributed by atoms with Crippen LogP contribution in [0.4, 0.5) is 18.9 Å². The number of nitrogens with zero attached hydrogens (tertiary/aromatic N) is 1. The first-order valence-electron chi connectivity index (χ1n) is 10.1. The summed E-state index contributed by atoms with van der Waals surface area (Å²) in [7, 11) is 1.41. The quantitative estimate of drug-likeness (QED) is 0.171. The van der Waals surface area contributed by atoms with Crippen molar-refractivity contribution in [2.45, 2.75) is 6.18 Å². The van der Waals surface area contributed by atoms with Gasteiger partial charge in [0.25, 0.3) is 5.91 Å². The van der Waals surface area contributed by atoms with Crippen molar-refractivity contribution in [1.29, 1.82) is 0 Å². The van der Waals surface area contributed by atoms with Gasteiger partial charge in [0.15, 0.2) is 15.8 Å². The number of hydrogen-bond acceptors (Lipinski definition) is 6. The predicted octanol–water partition coefficient (Wildman–Crippen LogP) is 6.34. The van der Waals surface area contributed by atoms with E-state index in [1.54, 1.807) is 42.5 Å². The average Bonchev–Trinajstić information content (AvgIpc) is 3.12. The van der Waals surface area contributed by atoms with Gasteiger partial charge in [-0.15, -0.1) is 0 Å². The van der Waals surface area contributed by atoms with Crippen LogP contribution in [0, 0.1) is 0 Å². The van der Waals surface area contributed by atoms with Gasteiger partial charge >= 0.3 is 12.1 Å². The van der Waals surface area contributed by atoms with E-state index in [4.69, 9.17) is 21.7 Å². The number of halogens is 3. The maximum absolute atomic E-state index is 13.1. The van der Waals surface area contributed by atoms with Crippen molar-refractivity contribution in [3.63, 3.8) is 0 Å². The smallest absolute Gasteiger partial charge is 0.416 e. The highest BCUT2D eigenvalue weighted by Gasteiger charge is 2.36. The van der Waals surface area contributed by atoms with E-state index in [0.717, 1.165) is 28.8 Å². The van der Waals surface area contributed by atoms with Crippen LogP contribution < -0.4 is 14.4 Å². The van der Waals surface area contributed by atoms with Crippen LogP contribution >= 0.6 is 24.0 Å². The number of ether oxygens (including phenoxy) is 2. The second-order valence-electron chi connectivity index (χ2n) is 7.23. The predicted molar refractivity (Wildman–Crippen MR) is 131 cm³/mol. The highest BCUT2D eigenvalue weighted by molar-refractivity contribution is 8.27. The summed E-state index contributed by atoms with van der Waals surface area (Å²) in [5, 5.41) is 0. The van der Waals surface area contributed by atoms with Crippen LogP contribution in [0.25, 0.3) is 6.08 Å². The van der Waals surface area contributed by atoms with Gasteiger partial charge in [-0.05, 0) is 54.1 Å². The fourth-order valence-electron chi connectivity index (χ4n) is 3.25. The third-order valence-corrected chi connectivity index (χ3v) is 6.23. The van der Waals surface area contributed by atoms with Crippen molar-refractivity contribution in [2.75, 3.05) is 12.0 Å². The zero-order valence-corrected chi connectivity index (χ0v) is 19.7. The lowest BCUT2D eigenvalue weighted by atomic mass is 10.1. The van der Waals surface area contributed by atoms with Crippen LogP contribution in [0.1, 0.15) is 21.5 Å². The van der Waals surface area contributed by atoms with Crippen molar-refractivity contribution in [2.24, 2.45) is 0 Å². The zero-order valence-electron chi connectivity index (χ0n) is 18.0. The summed E-state index contributed by atoms with van der Waals surface area (Å²) in [5.41, 5.74) is 0.0766. The number of methoxy groups -OCH3 is 1. The minimum Gasteiger partial charge on any atom is -0.493 e. The van der Waals surface area contributed by atoms with Crippen molar-refractivity contribution in [3.8, 4) is 11.5 Å². The van der Waals surface area contributed by atoms with E-state index in [1.165, 1.54) is 31.4 Å². The maximum Gasteiger partial charge on any atom is 0.416 e. The highest BCUT2D eigenvalue weighted by atomic mass is 32.2. The van der Waals surface area contributed by atoms with E-state index in [1.807, 2.05) is 0 Å². The van der Waals surface area contributed by atoms with Gasteiger partial charge in [0, 0.05) is 0 Å². The van der Waals surface area contributed by atoms with Gasteiger partial charge in [0.1, 0.15) is 0 Å². The first-order valence-corrected chi connectivity index (χ1v) is 11.3. The number of hydrogen-bond donors (Lipinski definition) is 0. The molecule has 10 heteroatoms. The summed E-state index contributed by atoms with van der Waals surface area (Å²) >= 11 is 6.23. The Bertz CT molecular complexity index is 1340. The van der Waals surface area contributed by atoms with E-state index in [9.17, 15) is 22.8 Å². The van der Waals surface area contributed by atoms with Crippen LogP contribution in [0.5, 0.6) is 11.5 Å². The summed E-state index contributed by atoms with van der Waals surface area (Å²) in [6, 6.07) is 17.6. The Morgan fingerprint density at radius 2 is 1.74 bits per heavy atom. The van der Waals surface area contributed by atoms with Crippen molar-refractivity contribution in [1.82, 2.24) is 0 Å². The molecule has 4 rings (SSSR count). The number of rotatable bonds is 5. The first kappa shape index (κ1) is 24.5. The molecule has 1 heterocycles. The largest absolute Gasteiger partial charge is 0.493 e. The number of esters is 1. The molecule has 0 saturated carbocycles. The summed E-state index contributed by atoms with van der Waals surface area (Å²) in [6.45, 7) is 0. The molecule has 0 radical (unpaired) electrons. The molecule has 35 heavy (non-hydrogen) atoms. The molecule has 1 aliphatic heterocycles. The number of carbonyl (C=O) groups is 2. The van der Waals surface area contributed by atoms with Crippen LogP contribution in [0.15, 0.2) is 77.7 Å². The fourth-order valence-corrected chi connectivity index (χ4v) is 4.55. The summed E-state index contributed by atoms with van der Waals surface area (Å²) < 4.78 is 50.2. The normalized spacial score (nSPS) is 15.0. The summed E-state index contributed by atoms with van der Waals surface area (Å²) in [5.74, 6) is -0.650. The number of alkyl halides is 3. The topological polar surface area (TPSA) is 55.8 Å². The average molecular weight is 516 g/mol. The van der Waals surface area contributed by atoms with Gasteiger partial charge in [0.2, 0.25) is 0 Å². The molecule has 1 saturated heterocycles. The molecule has 3 aromatic carbocycles. The third kappa shape index (κ3) is 5.39. The molecule has 3 aromatic rings. The van der Waals surface area contributed by atoms with Gasteiger partial charge in [-0.1, -0.05) is 54.3 Å². The van der Waals surface area contributed by atoms with Crippen LogP contribution in [0.3, 0.4) is 0 Å². The van der Waals surface area contributed by atoms with E-state index in [0.29, 0.717) is 11.1 Å². The standard InChI is InChI=1S/C25H16F3NO4S2/c1-32-20-12-15(10-11-19(20)33-23(31)16-6-3-2-4-7-16)13-21-22(30)29(24(34)35-21)18-9-5-8-17(14-18)25(26,27)28/h2-14H,1H3. The van der Waals surface area contributed by atoms with E-state index in [2.05, 4.69) is 0 Å². The molecule has 1 amide bonds. The minimum absolute atomic E-state index is 0.0338. The highest BCUT2D eigenvalue weighted by Crippen LogP contribution is 2.39. The number of carbonyl (C=O) groups excluding carboxylic acids is 2. The van der Waals surface area contributed by atoms with Crippen molar-refractivity contribution >= 4 is 51.9 Å². The maximum atomic E-state index is 13.1. The third-order valence-electron chi connectivity index (χ3n) is 4.92. The van der Waals surface area contributed by atoms with Gasteiger partial charge in [-0.2, -0.15) is 13.2 Å². The fraction of sp³-hybridized carbons (Fsp3) is 0.0800. The molecular formula is C25H16F3NO4S2. The Balaban J connectivity index is 1.57. The molecule has 0 aromatic heterocycles. The Morgan fingerprint density at radius 1 is 1.00 bits per heavy atom. The minimum atomic E-state index is -4.55. The van der Waals surface area contributed by atoms with Gasteiger partial charge in [-0.3, -0.25) is 9.69 Å². The van der Waals surface area contributed by atoms with Crippen molar-refractivity contribution in [3.05, 3.63) is 94.4 Å².